The highest BCUT2D eigenvalue weighted by Crippen LogP contribution is 2.23. The molecule has 0 saturated carbocycles. The van der Waals surface area contributed by atoms with Crippen molar-refractivity contribution in [2.24, 2.45) is 0 Å². The minimum Gasteiger partial charge on any atom is -0.459 e. The van der Waals surface area contributed by atoms with Gasteiger partial charge in [0.2, 0.25) is 0 Å². The molecule has 160 valence electrons. The largest absolute Gasteiger partial charge is 0.459 e. The molecule has 0 unspecified atom stereocenters. The Labute approximate surface area is 181 Å². The normalized spacial score (nSPS) is 10.3. The molecule has 10 heteroatoms. The van der Waals surface area contributed by atoms with Crippen molar-refractivity contribution in [2.75, 3.05) is 17.2 Å². The molecule has 0 radical (unpaired) electrons. The molecule has 9 nitrogen and oxygen atoms in total. The number of hydrogen-bond donors (Lipinski definition) is 3. The van der Waals surface area contributed by atoms with Crippen LogP contribution in [0.2, 0.25) is 0 Å². The number of benzene rings is 1. The molecule has 0 aliphatic rings. The molecule has 3 N–H and O–H groups in total. The van der Waals surface area contributed by atoms with Crippen molar-refractivity contribution in [3.63, 3.8) is 0 Å². The molecule has 1 aromatic carbocycles. The lowest BCUT2D eigenvalue weighted by Crippen LogP contribution is -2.37. The van der Waals surface area contributed by atoms with Gasteiger partial charge in [0.1, 0.15) is 4.88 Å². The van der Waals surface area contributed by atoms with Gasteiger partial charge in [-0.15, -0.1) is 11.3 Å². The molecule has 0 aliphatic carbocycles. The number of thiophene rings is 1. The zero-order chi connectivity index (χ0) is 22.4. The second kappa shape index (κ2) is 9.72. The Balaban J connectivity index is 1.45. The molecule has 3 rings (SSSR count). The summed E-state index contributed by atoms with van der Waals surface area (Å²) < 4.78 is 9.91. The van der Waals surface area contributed by atoms with E-state index < -0.39 is 30.4 Å². The molecule has 2 aromatic heterocycles. The van der Waals surface area contributed by atoms with Gasteiger partial charge in [-0.25, -0.2) is 9.59 Å². The van der Waals surface area contributed by atoms with Crippen LogP contribution in [-0.4, -0.2) is 30.4 Å². The molecule has 0 aliphatic heterocycles. The number of esters is 1. The fourth-order valence-electron chi connectivity index (χ4n) is 2.57. The first kappa shape index (κ1) is 21.8. The summed E-state index contributed by atoms with van der Waals surface area (Å²) >= 11 is 0.978. The van der Waals surface area contributed by atoms with Crippen LogP contribution >= 0.6 is 11.3 Å². The van der Waals surface area contributed by atoms with Crippen molar-refractivity contribution >= 4 is 45.8 Å². The molecule has 0 saturated heterocycles. The standard InChI is InChI=1S/C21H19N3O6S/c1-12-5-6-14(13(2)10-12)22-21(28)23-17(25)11-30-20(27)16-7-8-18(31-16)24-19(26)15-4-3-9-29-15/h3-10H,11H2,1-2H3,(H,24,26)(H2,22,23,25,28). The quantitative estimate of drug-likeness (QED) is 0.501. The Morgan fingerprint density at radius 3 is 2.55 bits per heavy atom. The van der Waals surface area contributed by atoms with Gasteiger partial charge in [-0.1, -0.05) is 17.7 Å². The third-order valence-electron chi connectivity index (χ3n) is 4.01. The predicted molar refractivity (Wildman–Crippen MR) is 114 cm³/mol. The summed E-state index contributed by atoms with van der Waals surface area (Å²) in [7, 11) is 0. The van der Waals surface area contributed by atoms with E-state index in [4.69, 9.17) is 9.15 Å². The summed E-state index contributed by atoms with van der Waals surface area (Å²) in [6, 6.07) is 10.8. The van der Waals surface area contributed by atoms with Crippen LogP contribution in [0.4, 0.5) is 15.5 Å². The van der Waals surface area contributed by atoms with Gasteiger partial charge >= 0.3 is 12.0 Å². The Kier molecular flexibility index (Phi) is 6.83. The predicted octanol–water partition coefficient (Wildman–Crippen LogP) is 3.72. The molecule has 31 heavy (non-hydrogen) atoms. The number of urea groups is 1. The van der Waals surface area contributed by atoms with Crippen molar-refractivity contribution in [1.82, 2.24) is 5.32 Å². The van der Waals surface area contributed by atoms with E-state index in [2.05, 4.69) is 16.0 Å². The fourth-order valence-corrected chi connectivity index (χ4v) is 3.36. The van der Waals surface area contributed by atoms with E-state index in [1.807, 2.05) is 26.0 Å². The SMILES string of the molecule is Cc1ccc(NC(=O)NC(=O)COC(=O)c2ccc(NC(=O)c3ccco3)s2)c(C)c1. The maximum Gasteiger partial charge on any atom is 0.348 e. The van der Waals surface area contributed by atoms with Crippen molar-refractivity contribution in [3.05, 3.63) is 70.5 Å². The van der Waals surface area contributed by atoms with Gasteiger partial charge in [0.25, 0.3) is 11.8 Å². The van der Waals surface area contributed by atoms with E-state index in [0.29, 0.717) is 10.7 Å². The molecular formula is C21H19N3O6S. The molecule has 0 bridgehead atoms. The zero-order valence-corrected chi connectivity index (χ0v) is 17.5. The first-order valence-corrected chi connectivity index (χ1v) is 9.93. The fraction of sp³-hybridized carbons (Fsp3) is 0.143. The minimum atomic E-state index is -0.779. The lowest BCUT2D eigenvalue weighted by Gasteiger charge is -2.10. The number of ether oxygens (including phenoxy) is 1. The monoisotopic (exact) mass is 441 g/mol. The van der Waals surface area contributed by atoms with E-state index in [0.717, 1.165) is 22.5 Å². The van der Waals surface area contributed by atoms with Crippen molar-refractivity contribution in [3.8, 4) is 0 Å². The average Bonchev–Trinajstić information content (AvgIpc) is 3.40. The second-order valence-corrected chi connectivity index (χ2v) is 7.58. The van der Waals surface area contributed by atoms with Gasteiger partial charge < -0.3 is 19.8 Å². The van der Waals surface area contributed by atoms with Gasteiger partial charge in [-0.3, -0.25) is 14.9 Å². The smallest absolute Gasteiger partial charge is 0.348 e. The number of amides is 4. The third kappa shape index (κ3) is 6.03. The van der Waals surface area contributed by atoms with Crippen LogP contribution < -0.4 is 16.0 Å². The number of rotatable bonds is 6. The number of aryl methyl sites for hydroxylation is 2. The van der Waals surface area contributed by atoms with Crippen LogP contribution in [-0.2, 0) is 9.53 Å². The number of carbonyl (C=O) groups excluding carboxylic acids is 4. The van der Waals surface area contributed by atoms with Crippen LogP contribution in [0, 0.1) is 13.8 Å². The van der Waals surface area contributed by atoms with Gasteiger partial charge in [-0.05, 0) is 49.7 Å². The number of nitrogens with one attached hydrogen (secondary N) is 3. The van der Waals surface area contributed by atoms with E-state index in [9.17, 15) is 19.2 Å². The minimum absolute atomic E-state index is 0.133. The lowest BCUT2D eigenvalue weighted by molar-refractivity contribution is -0.123. The molecular weight excluding hydrogens is 422 g/mol. The highest BCUT2D eigenvalue weighted by atomic mass is 32.1. The number of carbonyl (C=O) groups is 4. The zero-order valence-electron chi connectivity index (χ0n) is 16.7. The van der Waals surface area contributed by atoms with Crippen LogP contribution in [0.15, 0.2) is 53.1 Å². The molecule has 0 spiro atoms. The van der Waals surface area contributed by atoms with Crippen LogP contribution in [0.1, 0.15) is 31.4 Å². The number of furan rings is 1. The second-order valence-electron chi connectivity index (χ2n) is 6.49. The first-order chi connectivity index (χ1) is 14.8. The molecule has 4 amide bonds. The number of imide groups is 1. The highest BCUT2D eigenvalue weighted by molar-refractivity contribution is 7.18. The average molecular weight is 441 g/mol. The van der Waals surface area contributed by atoms with Gasteiger partial charge in [-0.2, -0.15) is 0 Å². The summed E-state index contributed by atoms with van der Waals surface area (Å²) in [5.74, 6) is -1.86. The van der Waals surface area contributed by atoms with E-state index >= 15 is 0 Å². The van der Waals surface area contributed by atoms with Gasteiger partial charge in [0.15, 0.2) is 12.4 Å². The van der Waals surface area contributed by atoms with E-state index in [-0.39, 0.29) is 10.6 Å². The summed E-state index contributed by atoms with van der Waals surface area (Å²) in [5.41, 5.74) is 2.46. The summed E-state index contributed by atoms with van der Waals surface area (Å²) in [6.07, 6.45) is 1.37. The summed E-state index contributed by atoms with van der Waals surface area (Å²) in [4.78, 5) is 48.1. The van der Waals surface area contributed by atoms with E-state index in [1.54, 1.807) is 12.1 Å². The van der Waals surface area contributed by atoms with Crippen LogP contribution in [0.5, 0.6) is 0 Å². The number of hydrogen-bond acceptors (Lipinski definition) is 7. The Morgan fingerprint density at radius 1 is 1.03 bits per heavy atom. The van der Waals surface area contributed by atoms with Gasteiger partial charge in [0, 0.05) is 5.69 Å². The molecule has 3 aromatic rings. The van der Waals surface area contributed by atoms with Crippen molar-refractivity contribution < 1.29 is 28.3 Å². The summed E-state index contributed by atoms with van der Waals surface area (Å²) in [6.45, 7) is 3.13. The topological polar surface area (TPSA) is 127 Å². The highest BCUT2D eigenvalue weighted by Gasteiger charge is 2.16. The van der Waals surface area contributed by atoms with Gasteiger partial charge in [0.05, 0.1) is 11.3 Å². The Morgan fingerprint density at radius 2 is 1.84 bits per heavy atom. The third-order valence-corrected chi connectivity index (χ3v) is 4.99. The van der Waals surface area contributed by atoms with Crippen LogP contribution in [0.3, 0.4) is 0 Å². The number of anilines is 2. The molecule has 0 fully saturated rings. The van der Waals surface area contributed by atoms with Crippen molar-refractivity contribution in [2.45, 2.75) is 13.8 Å². The lowest BCUT2D eigenvalue weighted by atomic mass is 10.1. The first-order valence-electron chi connectivity index (χ1n) is 9.11. The van der Waals surface area contributed by atoms with Crippen molar-refractivity contribution in [1.29, 1.82) is 0 Å². The molecule has 2 heterocycles. The summed E-state index contributed by atoms with van der Waals surface area (Å²) in [5, 5.41) is 7.65. The van der Waals surface area contributed by atoms with E-state index in [1.165, 1.54) is 24.5 Å². The maximum atomic E-state index is 12.1. The maximum absolute atomic E-state index is 12.1. The molecule has 0 atom stereocenters. The Hall–Kier alpha value is -3.92. The Bertz CT molecular complexity index is 1120. The van der Waals surface area contributed by atoms with Crippen LogP contribution in [0.25, 0.3) is 0 Å².